The first-order valence-corrected chi connectivity index (χ1v) is 14.1. The second kappa shape index (κ2) is 12.1. The van der Waals surface area contributed by atoms with Gasteiger partial charge in [0, 0.05) is 40.4 Å². The Labute approximate surface area is 255 Å². The number of benzene rings is 2. The molecule has 234 valence electrons. The fourth-order valence-corrected chi connectivity index (χ4v) is 5.49. The van der Waals surface area contributed by atoms with Gasteiger partial charge < -0.3 is 26.3 Å². The van der Waals surface area contributed by atoms with Crippen LogP contribution in [-0.2, 0) is 11.6 Å². The molecule has 1 aromatic heterocycles. The number of alkyl halides is 5. The highest BCUT2D eigenvalue weighted by Crippen LogP contribution is 2.49. The van der Waals surface area contributed by atoms with Crippen LogP contribution in [0.5, 0.6) is 11.5 Å². The third-order valence-electron chi connectivity index (χ3n) is 8.06. The van der Waals surface area contributed by atoms with Crippen molar-refractivity contribution in [2.24, 2.45) is 11.7 Å². The lowest BCUT2D eigenvalue weighted by atomic mass is 9.83. The van der Waals surface area contributed by atoms with Crippen molar-refractivity contribution in [3.8, 4) is 22.8 Å². The summed E-state index contributed by atoms with van der Waals surface area (Å²) in [5.41, 5.74) is 11.3. The number of rotatable bonds is 10. The zero-order valence-corrected chi connectivity index (χ0v) is 24.4. The van der Waals surface area contributed by atoms with Crippen LogP contribution in [0.3, 0.4) is 0 Å². The Kier molecular flexibility index (Phi) is 8.66. The van der Waals surface area contributed by atoms with Crippen molar-refractivity contribution in [3.63, 3.8) is 0 Å². The number of methoxy groups -OCH3 is 1. The molecule has 0 radical (unpaired) electrons. The summed E-state index contributed by atoms with van der Waals surface area (Å²) in [4.78, 5) is 18.1. The number of halogens is 6. The Morgan fingerprint density at radius 3 is 2.45 bits per heavy atom. The molecule has 0 saturated heterocycles. The van der Waals surface area contributed by atoms with Crippen LogP contribution in [0.1, 0.15) is 51.5 Å². The van der Waals surface area contributed by atoms with Crippen molar-refractivity contribution in [1.29, 1.82) is 0 Å². The van der Waals surface area contributed by atoms with Gasteiger partial charge in [0.15, 0.2) is 0 Å². The molecule has 2 heterocycles. The largest absolute Gasteiger partial charge is 0.495 e. The van der Waals surface area contributed by atoms with E-state index in [1.807, 2.05) is 0 Å². The Morgan fingerprint density at radius 2 is 1.89 bits per heavy atom. The van der Waals surface area contributed by atoms with E-state index in [1.54, 1.807) is 6.07 Å². The molecule has 2 aliphatic rings. The molecule has 2 aromatic carbocycles. The first-order valence-electron chi connectivity index (χ1n) is 13.8. The van der Waals surface area contributed by atoms with Crippen molar-refractivity contribution in [3.05, 3.63) is 75.6 Å². The number of carbonyl (C=O) groups excluding carboxylic acids is 1. The van der Waals surface area contributed by atoms with E-state index in [4.69, 9.17) is 37.5 Å². The molecule has 7 nitrogen and oxygen atoms in total. The predicted octanol–water partition coefficient (Wildman–Crippen LogP) is 6.35. The van der Waals surface area contributed by atoms with E-state index in [1.165, 1.54) is 37.5 Å². The smallest absolute Gasteiger partial charge is 0.416 e. The maximum absolute atomic E-state index is 14.3. The fourth-order valence-electron chi connectivity index (χ4n) is 5.37. The molecule has 0 spiro atoms. The standard InChI is InChI=1S/C31H30ClF5N4O3/c1-43-24-9-19(8-18(26(24)39)10-25(32)38)29(42)40-12-21(16-2-3-16)23-11-22-28(44-15-30(22,13-33)14-34)27(41-23)17-4-6-20(7-5-17)31(35,36)37/h4-11,16,21H,2-3,12-15,38-39H2,1H3,(H,40,42)/b25-10-. The number of nitrogens with zero attached hydrogens (tertiary/aromatic N) is 1. The summed E-state index contributed by atoms with van der Waals surface area (Å²) in [6, 6.07) is 8.94. The molecule has 5 N–H and O–H groups in total. The number of anilines is 1. The van der Waals surface area contributed by atoms with E-state index >= 15 is 0 Å². The quantitative estimate of drug-likeness (QED) is 0.136. The second-order valence-corrected chi connectivity index (χ2v) is 11.5. The highest BCUT2D eigenvalue weighted by atomic mass is 35.5. The minimum atomic E-state index is -4.54. The molecular formula is C31H30ClF5N4O3. The molecular weight excluding hydrogens is 607 g/mol. The highest BCUT2D eigenvalue weighted by Gasteiger charge is 2.45. The van der Waals surface area contributed by atoms with Gasteiger partial charge in [-0.15, -0.1) is 0 Å². The number of hydrogen-bond acceptors (Lipinski definition) is 6. The molecule has 44 heavy (non-hydrogen) atoms. The van der Waals surface area contributed by atoms with Crippen molar-refractivity contribution in [2.75, 3.05) is 39.3 Å². The SMILES string of the molecule is COc1cc(C(=O)NCC(c2cc3c(c(-c4ccc(C(F)(F)F)cc4)n2)OCC3(CF)CF)C2CC2)cc(/C=C(\N)Cl)c1N. The van der Waals surface area contributed by atoms with E-state index in [0.29, 0.717) is 16.8 Å². The number of nitrogens with one attached hydrogen (secondary N) is 1. The number of carbonyl (C=O) groups is 1. The van der Waals surface area contributed by atoms with E-state index in [9.17, 15) is 26.7 Å². The van der Waals surface area contributed by atoms with Crippen LogP contribution >= 0.6 is 11.6 Å². The average molecular weight is 637 g/mol. The van der Waals surface area contributed by atoms with E-state index in [2.05, 4.69) is 5.32 Å². The minimum Gasteiger partial charge on any atom is -0.495 e. The minimum absolute atomic E-state index is 0.0433. The van der Waals surface area contributed by atoms with Crippen molar-refractivity contribution >= 4 is 29.3 Å². The first kappa shape index (κ1) is 31.4. The Morgan fingerprint density at radius 1 is 1.20 bits per heavy atom. The molecule has 13 heteroatoms. The van der Waals surface area contributed by atoms with Gasteiger partial charge >= 0.3 is 6.18 Å². The van der Waals surface area contributed by atoms with Gasteiger partial charge in [-0.3, -0.25) is 4.79 Å². The number of nitrogen functional groups attached to an aromatic ring is 1. The number of ether oxygens (including phenoxy) is 2. The van der Waals surface area contributed by atoms with Crippen LogP contribution in [-0.4, -0.2) is 44.5 Å². The van der Waals surface area contributed by atoms with Crippen LogP contribution < -0.4 is 26.3 Å². The molecule has 1 atom stereocenters. The van der Waals surface area contributed by atoms with Crippen LogP contribution in [0.4, 0.5) is 27.6 Å². The maximum atomic E-state index is 14.3. The molecule has 1 aliphatic heterocycles. The number of pyridine rings is 1. The van der Waals surface area contributed by atoms with Gasteiger partial charge in [-0.2, -0.15) is 13.2 Å². The summed E-state index contributed by atoms with van der Waals surface area (Å²) in [7, 11) is 1.40. The Balaban J connectivity index is 1.51. The molecule has 1 unspecified atom stereocenters. The summed E-state index contributed by atoms with van der Waals surface area (Å²) in [6.45, 7) is -2.24. The molecule has 1 fully saturated rings. The summed E-state index contributed by atoms with van der Waals surface area (Å²) < 4.78 is 79.4. The lowest BCUT2D eigenvalue weighted by Crippen LogP contribution is -2.33. The van der Waals surface area contributed by atoms with Crippen LogP contribution in [0.15, 0.2) is 47.6 Å². The first-order chi connectivity index (χ1) is 20.9. The topological polar surface area (TPSA) is 112 Å². The number of amides is 1. The van der Waals surface area contributed by atoms with Crippen LogP contribution in [0, 0.1) is 5.92 Å². The van der Waals surface area contributed by atoms with Gasteiger partial charge in [-0.25, -0.2) is 13.8 Å². The number of aromatic nitrogens is 1. The monoisotopic (exact) mass is 636 g/mol. The third kappa shape index (κ3) is 6.12. The fraction of sp³-hybridized carbons (Fsp3) is 0.355. The molecule has 1 amide bonds. The van der Waals surface area contributed by atoms with Gasteiger partial charge in [-0.1, -0.05) is 23.7 Å². The second-order valence-electron chi connectivity index (χ2n) is 11.0. The van der Waals surface area contributed by atoms with E-state index in [0.717, 1.165) is 25.0 Å². The van der Waals surface area contributed by atoms with Crippen LogP contribution in [0.2, 0.25) is 0 Å². The maximum Gasteiger partial charge on any atom is 0.416 e. The normalized spacial score (nSPS) is 16.7. The lowest BCUT2D eigenvalue weighted by molar-refractivity contribution is -0.137. The third-order valence-corrected chi connectivity index (χ3v) is 8.17. The van der Waals surface area contributed by atoms with Gasteiger partial charge in [0.2, 0.25) is 0 Å². The summed E-state index contributed by atoms with van der Waals surface area (Å²) in [5.74, 6) is -0.315. The average Bonchev–Trinajstić information content (AvgIpc) is 3.77. The predicted molar refractivity (Wildman–Crippen MR) is 157 cm³/mol. The van der Waals surface area contributed by atoms with Crippen molar-refractivity contribution in [1.82, 2.24) is 10.3 Å². The molecule has 1 aliphatic carbocycles. The lowest BCUT2D eigenvalue weighted by Gasteiger charge is -2.23. The zero-order valence-electron chi connectivity index (χ0n) is 23.6. The summed E-state index contributed by atoms with van der Waals surface area (Å²) in [5, 5.41) is 2.86. The Bertz CT molecular complexity index is 1580. The number of nitrogens with two attached hydrogens (primary N) is 2. The number of hydrogen-bond donors (Lipinski definition) is 3. The molecule has 5 rings (SSSR count). The van der Waals surface area contributed by atoms with Gasteiger partial charge in [0.05, 0.1) is 28.9 Å². The molecule has 3 aromatic rings. The van der Waals surface area contributed by atoms with Gasteiger partial charge in [0.25, 0.3) is 5.91 Å². The highest BCUT2D eigenvalue weighted by molar-refractivity contribution is 6.31. The number of fused-ring (bicyclic) bond motifs is 1. The van der Waals surface area contributed by atoms with Gasteiger partial charge in [0.1, 0.15) is 37.1 Å². The van der Waals surface area contributed by atoms with E-state index < -0.39 is 36.4 Å². The van der Waals surface area contributed by atoms with Crippen molar-refractivity contribution in [2.45, 2.75) is 30.4 Å². The Hall–Kier alpha value is -4.06. The van der Waals surface area contributed by atoms with Gasteiger partial charge in [-0.05, 0) is 55.2 Å². The molecule has 1 saturated carbocycles. The molecule has 0 bridgehead atoms. The van der Waals surface area contributed by atoms with Crippen molar-refractivity contribution < 1.29 is 36.2 Å². The summed E-state index contributed by atoms with van der Waals surface area (Å²) in [6.07, 6.45) is -1.48. The van der Waals surface area contributed by atoms with E-state index in [-0.39, 0.29) is 64.2 Å². The zero-order chi connectivity index (χ0) is 31.8. The van der Waals surface area contributed by atoms with Crippen LogP contribution in [0.25, 0.3) is 17.3 Å². The summed E-state index contributed by atoms with van der Waals surface area (Å²) >= 11 is 5.82.